The molecule has 0 radical (unpaired) electrons. The van der Waals surface area contributed by atoms with Crippen molar-refractivity contribution in [1.29, 1.82) is 0 Å². The highest BCUT2D eigenvalue weighted by Gasteiger charge is 2.13. The molecule has 0 amide bonds. The van der Waals surface area contributed by atoms with E-state index in [0.717, 1.165) is 26.1 Å². The van der Waals surface area contributed by atoms with Gasteiger partial charge in [-0.2, -0.15) is 0 Å². The van der Waals surface area contributed by atoms with Gasteiger partial charge in [0.15, 0.2) is 0 Å². The second-order valence-corrected chi connectivity index (χ2v) is 9.60. The van der Waals surface area contributed by atoms with Crippen molar-refractivity contribution in [3.63, 3.8) is 0 Å². The molecule has 2 unspecified atom stereocenters. The van der Waals surface area contributed by atoms with E-state index in [1.165, 1.54) is 103 Å². The van der Waals surface area contributed by atoms with Gasteiger partial charge in [0.2, 0.25) is 0 Å². The van der Waals surface area contributed by atoms with Crippen molar-refractivity contribution in [1.82, 2.24) is 0 Å². The number of unbranched alkanes of at least 4 members (excludes halogenated alkanes) is 16. The maximum absolute atomic E-state index is 9.57. The molecule has 0 heterocycles. The van der Waals surface area contributed by atoms with Gasteiger partial charge in [-0.1, -0.05) is 117 Å². The van der Waals surface area contributed by atoms with E-state index in [2.05, 4.69) is 13.8 Å². The number of aliphatic hydroxyl groups is 2. The Morgan fingerprint density at radius 1 is 0.515 bits per heavy atom. The molecule has 0 fully saturated rings. The summed E-state index contributed by atoms with van der Waals surface area (Å²) >= 11 is 0. The number of hydrogen-bond acceptors (Lipinski definition) is 5. The molecule has 0 aromatic carbocycles. The van der Waals surface area contributed by atoms with Gasteiger partial charge in [0.25, 0.3) is 0 Å². The lowest BCUT2D eigenvalue weighted by Crippen LogP contribution is -2.31. The molecule has 0 aliphatic rings. The molecule has 200 valence electrons. The molecular weight excluding hydrogens is 416 g/mol. The van der Waals surface area contributed by atoms with Crippen LogP contribution in [0, 0.1) is 0 Å². The zero-order valence-electron chi connectivity index (χ0n) is 22.2. The second kappa shape index (κ2) is 28.0. The minimum atomic E-state index is -0.845. The minimum absolute atomic E-state index is 0.115. The van der Waals surface area contributed by atoms with Gasteiger partial charge in [-0.15, -0.1) is 0 Å². The van der Waals surface area contributed by atoms with Crippen molar-refractivity contribution in [3.05, 3.63) is 0 Å². The lowest BCUT2D eigenvalue weighted by atomic mass is 10.1. The van der Waals surface area contributed by atoms with Crippen LogP contribution in [0.1, 0.15) is 129 Å². The SMILES string of the molecule is CCCCCCCCCCCCOCC(COCCCCCCCCCC)OCC(O)CO. The van der Waals surface area contributed by atoms with Gasteiger partial charge in [-0.05, 0) is 12.8 Å². The molecule has 0 aromatic heterocycles. The largest absolute Gasteiger partial charge is 0.394 e. The first-order valence-corrected chi connectivity index (χ1v) is 14.3. The van der Waals surface area contributed by atoms with Gasteiger partial charge >= 0.3 is 0 Å². The molecule has 2 N–H and O–H groups in total. The van der Waals surface area contributed by atoms with Crippen LogP contribution in [0.2, 0.25) is 0 Å². The lowest BCUT2D eigenvalue weighted by Gasteiger charge is -2.20. The van der Waals surface area contributed by atoms with Crippen LogP contribution in [0.25, 0.3) is 0 Å². The third-order valence-electron chi connectivity index (χ3n) is 6.13. The van der Waals surface area contributed by atoms with Crippen molar-refractivity contribution >= 4 is 0 Å². The highest BCUT2D eigenvalue weighted by molar-refractivity contribution is 4.59. The first-order valence-electron chi connectivity index (χ1n) is 14.3. The number of ether oxygens (including phenoxy) is 3. The second-order valence-electron chi connectivity index (χ2n) is 9.60. The summed E-state index contributed by atoms with van der Waals surface area (Å²) in [6, 6.07) is 0. The number of hydrogen-bond donors (Lipinski definition) is 2. The van der Waals surface area contributed by atoms with E-state index in [1.807, 2.05) is 0 Å². The van der Waals surface area contributed by atoms with Gasteiger partial charge in [-0.25, -0.2) is 0 Å². The Labute approximate surface area is 206 Å². The molecule has 0 saturated carbocycles. The molecule has 5 heteroatoms. The van der Waals surface area contributed by atoms with E-state index in [9.17, 15) is 5.11 Å². The molecule has 33 heavy (non-hydrogen) atoms. The van der Waals surface area contributed by atoms with Gasteiger partial charge < -0.3 is 24.4 Å². The fraction of sp³-hybridized carbons (Fsp3) is 1.00. The van der Waals surface area contributed by atoms with Gasteiger partial charge in [0, 0.05) is 13.2 Å². The zero-order valence-corrected chi connectivity index (χ0v) is 22.2. The molecule has 5 nitrogen and oxygen atoms in total. The summed E-state index contributed by atoms with van der Waals surface area (Å²) in [6.07, 6.45) is 22.4. The molecule has 0 aliphatic carbocycles. The van der Waals surface area contributed by atoms with Crippen LogP contribution in [-0.4, -0.2) is 62.1 Å². The monoisotopic (exact) mass is 474 g/mol. The fourth-order valence-corrected chi connectivity index (χ4v) is 3.90. The maximum Gasteiger partial charge on any atom is 0.104 e. The molecule has 0 aromatic rings. The summed E-state index contributed by atoms with van der Waals surface area (Å²) in [4.78, 5) is 0. The van der Waals surface area contributed by atoms with Gasteiger partial charge in [-0.3, -0.25) is 0 Å². The Bertz CT molecular complexity index is 353. The number of aliphatic hydroxyl groups excluding tert-OH is 2. The van der Waals surface area contributed by atoms with Crippen LogP contribution in [0.4, 0.5) is 0 Å². The predicted octanol–water partition coefficient (Wildman–Crippen LogP) is 6.82. The van der Waals surface area contributed by atoms with E-state index in [-0.39, 0.29) is 19.3 Å². The fourth-order valence-electron chi connectivity index (χ4n) is 3.90. The Kier molecular flexibility index (Phi) is 27.9. The van der Waals surface area contributed by atoms with Crippen molar-refractivity contribution in [2.45, 2.75) is 142 Å². The molecule has 0 saturated heterocycles. The third-order valence-corrected chi connectivity index (χ3v) is 6.13. The molecular formula is C28H58O5. The summed E-state index contributed by atoms with van der Waals surface area (Å²) in [7, 11) is 0. The van der Waals surface area contributed by atoms with E-state index >= 15 is 0 Å². The molecule has 0 rings (SSSR count). The van der Waals surface area contributed by atoms with Crippen LogP contribution in [0.5, 0.6) is 0 Å². The van der Waals surface area contributed by atoms with Crippen LogP contribution in [0.15, 0.2) is 0 Å². The highest BCUT2D eigenvalue weighted by Crippen LogP contribution is 2.11. The van der Waals surface area contributed by atoms with Crippen molar-refractivity contribution in [2.75, 3.05) is 39.6 Å². The quantitative estimate of drug-likeness (QED) is 0.122. The Hall–Kier alpha value is -0.200. The third kappa shape index (κ3) is 26.2. The summed E-state index contributed by atoms with van der Waals surface area (Å²) < 4.78 is 17.4. The van der Waals surface area contributed by atoms with E-state index in [4.69, 9.17) is 19.3 Å². The van der Waals surface area contributed by atoms with Gasteiger partial charge in [0.1, 0.15) is 12.2 Å². The molecule has 0 aliphatic heterocycles. The van der Waals surface area contributed by atoms with Crippen molar-refractivity contribution in [3.8, 4) is 0 Å². The van der Waals surface area contributed by atoms with Crippen LogP contribution >= 0.6 is 0 Å². The normalized spacial score (nSPS) is 13.5. The molecule has 0 bridgehead atoms. The molecule has 0 spiro atoms. The number of rotatable bonds is 28. The first-order chi connectivity index (χ1) is 16.2. The van der Waals surface area contributed by atoms with Crippen LogP contribution in [-0.2, 0) is 14.2 Å². The average Bonchev–Trinajstić information content (AvgIpc) is 2.83. The summed E-state index contributed by atoms with van der Waals surface area (Å²) in [5.41, 5.74) is 0. The summed E-state index contributed by atoms with van der Waals surface area (Å²) in [6.45, 7) is 6.80. The van der Waals surface area contributed by atoms with Crippen molar-refractivity contribution in [2.24, 2.45) is 0 Å². The highest BCUT2D eigenvalue weighted by atomic mass is 16.6. The van der Waals surface area contributed by atoms with Gasteiger partial charge in [0.05, 0.1) is 26.4 Å². The summed E-state index contributed by atoms with van der Waals surface area (Å²) in [5, 5.41) is 18.6. The Morgan fingerprint density at radius 2 is 0.879 bits per heavy atom. The average molecular weight is 475 g/mol. The standard InChI is InChI=1S/C28H58O5/c1-3-5-7-9-11-13-14-16-18-20-22-32-26-28(33-24-27(30)23-29)25-31-21-19-17-15-12-10-8-6-4-2/h27-30H,3-26H2,1-2H3. The summed E-state index contributed by atoms with van der Waals surface area (Å²) in [5.74, 6) is 0. The van der Waals surface area contributed by atoms with Crippen LogP contribution in [0.3, 0.4) is 0 Å². The first kappa shape index (κ1) is 32.8. The van der Waals surface area contributed by atoms with Crippen LogP contribution < -0.4 is 0 Å². The Balaban J connectivity index is 3.71. The predicted molar refractivity (Wildman–Crippen MR) is 139 cm³/mol. The Morgan fingerprint density at radius 3 is 1.24 bits per heavy atom. The van der Waals surface area contributed by atoms with E-state index in [1.54, 1.807) is 0 Å². The zero-order chi connectivity index (χ0) is 24.2. The topological polar surface area (TPSA) is 68.2 Å². The lowest BCUT2D eigenvalue weighted by molar-refractivity contribution is -0.0882. The van der Waals surface area contributed by atoms with Crippen molar-refractivity contribution < 1.29 is 24.4 Å². The minimum Gasteiger partial charge on any atom is -0.394 e. The van der Waals surface area contributed by atoms with E-state index in [0.29, 0.717) is 13.2 Å². The smallest absolute Gasteiger partial charge is 0.104 e. The molecule has 2 atom stereocenters. The van der Waals surface area contributed by atoms with E-state index < -0.39 is 6.10 Å². The maximum atomic E-state index is 9.57.